The van der Waals surface area contributed by atoms with E-state index in [1.54, 1.807) is 6.20 Å². The van der Waals surface area contributed by atoms with Gasteiger partial charge >= 0.3 is 0 Å². The molecule has 190 valence electrons. The topological polar surface area (TPSA) is 99.7 Å². The maximum atomic E-state index is 13.5. The standard InChI is InChI=1S/C28H30N6O3/c35-26-25-5-2-10-34(25)18-21-16-22(6-7-23(21)27(36)33-11-13-37-14-12-33)31-28-29-9-8-24(32-28)20-4-1-3-19(15-20)17-30-26/h1,3-4,6-9,15-16,25H,2,5,10-14,17-18H2,(H,30,35)(H,29,31,32). The van der Waals surface area contributed by atoms with Crippen LogP contribution in [0, 0.1) is 0 Å². The molecular formula is C28H30N6O3. The second-order valence-electron chi connectivity index (χ2n) is 9.71. The van der Waals surface area contributed by atoms with Crippen LogP contribution < -0.4 is 10.6 Å². The first-order valence-corrected chi connectivity index (χ1v) is 12.9. The molecule has 37 heavy (non-hydrogen) atoms. The fourth-order valence-electron chi connectivity index (χ4n) is 5.34. The Bertz CT molecular complexity index is 1320. The third-order valence-electron chi connectivity index (χ3n) is 7.27. The quantitative estimate of drug-likeness (QED) is 0.532. The number of nitrogens with one attached hydrogen (secondary N) is 2. The van der Waals surface area contributed by atoms with Crippen molar-refractivity contribution in [2.45, 2.75) is 32.0 Å². The van der Waals surface area contributed by atoms with Crippen LogP contribution in [0.2, 0.25) is 0 Å². The predicted molar refractivity (Wildman–Crippen MR) is 139 cm³/mol. The van der Waals surface area contributed by atoms with Crippen molar-refractivity contribution >= 4 is 23.5 Å². The van der Waals surface area contributed by atoms with E-state index in [4.69, 9.17) is 9.72 Å². The van der Waals surface area contributed by atoms with Crippen molar-refractivity contribution in [3.8, 4) is 11.3 Å². The van der Waals surface area contributed by atoms with E-state index in [0.29, 0.717) is 50.9 Å². The average molecular weight is 499 g/mol. The van der Waals surface area contributed by atoms with Crippen LogP contribution in [0.5, 0.6) is 0 Å². The van der Waals surface area contributed by atoms with E-state index in [1.165, 1.54) is 0 Å². The van der Waals surface area contributed by atoms with Crippen LogP contribution >= 0.6 is 0 Å². The first kappa shape index (κ1) is 23.6. The van der Waals surface area contributed by atoms with Crippen LogP contribution in [0.25, 0.3) is 11.3 Å². The maximum absolute atomic E-state index is 13.5. The summed E-state index contributed by atoms with van der Waals surface area (Å²) < 4.78 is 5.44. The molecule has 3 aliphatic heterocycles. The number of amides is 2. The van der Waals surface area contributed by atoms with Crippen molar-refractivity contribution in [1.29, 1.82) is 0 Å². The Morgan fingerprint density at radius 3 is 2.84 bits per heavy atom. The number of benzene rings is 2. The lowest BCUT2D eigenvalue weighted by Crippen LogP contribution is -2.43. The Morgan fingerprint density at radius 2 is 1.95 bits per heavy atom. The Kier molecular flexibility index (Phi) is 6.55. The van der Waals surface area contributed by atoms with Gasteiger partial charge in [-0.05, 0) is 60.8 Å². The van der Waals surface area contributed by atoms with Gasteiger partial charge in [0.2, 0.25) is 11.9 Å². The highest BCUT2D eigenvalue weighted by atomic mass is 16.5. The number of carbonyl (C=O) groups is 2. The summed E-state index contributed by atoms with van der Waals surface area (Å²) in [6.45, 7) is 4.01. The third kappa shape index (κ3) is 5.05. The molecule has 3 aromatic rings. The van der Waals surface area contributed by atoms with Crippen molar-refractivity contribution in [1.82, 2.24) is 25.1 Å². The Labute approximate surface area is 215 Å². The molecule has 1 unspecified atom stereocenters. The summed E-state index contributed by atoms with van der Waals surface area (Å²) in [4.78, 5) is 39.9. The van der Waals surface area contributed by atoms with E-state index in [2.05, 4.69) is 26.6 Å². The molecule has 6 rings (SSSR count). The molecule has 9 nitrogen and oxygen atoms in total. The summed E-state index contributed by atoms with van der Waals surface area (Å²) >= 11 is 0. The van der Waals surface area contributed by atoms with Gasteiger partial charge in [0.15, 0.2) is 0 Å². The van der Waals surface area contributed by atoms with Crippen LogP contribution in [0.3, 0.4) is 0 Å². The molecule has 2 amide bonds. The number of hydrogen-bond acceptors (Lipinski definition) is 7. The number of hydrogen-bond donors (Lipinski definition) is 2. The molecule has 4 heterocycles. The average Bonchev–Trinajstić information content (AvgIpc) is 3.40. The number of aromatic nitrogens is 2. The molecule has 9 heteroatoms. The summed E-state index contributed by atoms with van der Waals surface area (Å²) in [5.41, 5.74) is 5.10. The minimum atomic E-state index is -0.227. The summed E-state index contributed by atoms with van der Waals surface area (Å²) in [7, 11) is 0. The minimum Gasteiger partial charge on any atom is -0.378 e. The maximum Gasteiger partial charge on any atom is 0.254 e. The lowest BCUT2D eigenvalue weighted by Gasteiger charge is -2.29. The molecule has 1 atom stereocenters. The van der Waals surface area contributed by atoms with E-state index < -0.39 is 0 Å². The van der Waals surface area contributed by atoms with Crippen LogP contribution in [0.4, 0.5) is 11.6 Å². The lowest BCUT2D eigenvalue weighted by atomic mass is 10.0. The van der Waals surface area contributed by atoms with Crippen molar-refractivity contribution in [3.05, 3.63) is 71.4 Å². The van der Waals surface area contributed by atoms with Gasteiger partial charge in [0.05, 0.1) is 24.9 Å². The fraction of sp³-hybridized carbons (Fsp3) is 0.357. The molecule has 3 aliphatic rings. The van der Waals surface area contributed by atoms with E-state index in [1.807, 2.05) is 47.4 Å². The molecular weight excluding hydrogens is 468 g/mol. The van der Waals surface area contributed by atoms with Crippen molar-refractivity contribution in [2.75, 3.05) is 38.2 Å². The molecule has 6 bridgehead atoms. The van der Waals surface area contributed by atoms with Gasteiger partial charge in [0.1, 0.15) is 0 Å². The van der Waals surface area contributed by atoms with Crippen LogP contribution in [0.1, 0.15) is 34.3 Å². The summed E-state index contributed by atoms with van der Waals surface area (Å²) in [5, 5.41) is 6.46. The van der Waals surface area contributed by atoms with Gasteiger partial charge in [-0.3, -0.25) is 14.5 Å². The molecule has 1 aromatic heterocycles. The largest absolute Gasteiger partial charge is 0.378 e. The molecule has 2 fully saturated rings. The monoisotopic (exact) mass is 498 g/mol. The van der Waals surface area contributed by atoms with Gasteiger partial charge in [0.25, 0.3) is 5.91 Å². The van der Waals surface area contributed by atoms with Gasteiger partial charge in [-0.15, -0.1) is 0 Å². The SMILES string of the molecule is O=C1NCc2cccc(c2)-c2ccnc(n2)Nc2ccc(C(=O)N3CCOCC3)c(c2)CN2CCCC12. The van der Waals surface area contributed by atoms with Crippen molar-refractivity contribution < 1.29 is 14.3 Å². The Balaban J connectivity index is 1.40. The zero-order valence-corrected chi connectivity index (χ0v) is 20.7. The first-order chi connectivity index (χ1) is 18.1. The summed E-state index contributed by atoms with van der Waals surface area (Å²) in [6, 6.07) is 15.4. The normalized spacial score (nSPS) is 20.1. The number of ether oxygens (including phenoxy) is 1. The number of nitrogens with zero attached hydrogens (tertiary/aromatic N) is 4. The van der Waals surface area contributed by atoms with E-state index in [-0.39, 0.29) is 17.9 Å². The van der Waals surface area contributed by atoms with E-state index in [9.17, 15) is 9.59 Å². The highest BCUT2D eigenvalue weighted by molar-refractivity contribution is 5.96. The zero-order chi connectivity index (χ0) is 25.2. The van der Waals surface area contributed by atoms with Crippen LogP contribution in [0.15, 0.2) is 54.7 Å². The molecule has 2 N–H and O–H groups in total. The van der Waals surface area contributed by atoms with Crippen molar-refractivity contribution in [3.63, 3.8) is 0 Å². The van der Waals surface area contributed by atoms with Crippen molar-refractivity contribution in [2.24, 2.45) is 0 Å². The van der Waals surface area contributed by atoms with Gasteiger partial charge in [-0.2, -0.15) is 0 Å². The molecule has 0 saturated carbocycles. The number of morpholine rings is 1. The Morgan fingerprint density at radius 1 is 1.05 bits per heavy atom. The van der Waals surface area contributed by atoms with Crippen LogP contribution in [-0.2, 0) is 22.6 Å². The Hall–Kier alpha value is -3.82. The second kappa shape index (κ2) is 10.3. The molecule has 0 radical (unpaired) electrons. The highest BCUT2D eigenvalue weighted by Gasteiger charge is 2.32. The van der Waals surface area contributed by atoms with E-state index >= 15 is 0 Å². The van der Waals surface area contributed by atoms with Gasteiger partial charge in [0, 0.05) is 49.2 Å². The zero-order valence-electron chi connectivity index (χ0n) is 20.7. The smallest absolute Gasteiger partial charge is 0.254 e. The lowest BCUT2D eigenvalue weighted by molar-refractivity contribution is -0.125. The van der Waals surface area contributed by atoms with Gasteiger partial charge in [-0.25, -0.2) is 9.97 Å². The first-order valence-electron chi connectivity index (χ1n) is 12.9. The van der Waals surface area contributed by atoms with Crippen LogP contribution in [-0.4, -0.2) is 70.5 Å². The molecule has 0 aliphatic carbocycles. The number of fused-ring (bicyclic) bond motifs is 8. The molecule has 2 aromatic carbocycles. The number of rotatable bonds is 1. The fourth-order valence-corrected chi connectivity index (χ4v) is 5.34. The minimum absolute atomic E-state index is 0.00353. The molecule has 2 saturated heterocycles. The number of carbonyl (C=O) groups excluding carboxylic acids is 2. The third-order valence-corrected chi connectivity index (χ3v) is 7.27. The van der Waals surface area contributed by atoms with E-state index in [0.717, 1.165) is 47.5 Å². The van der Waals surface area contributed by atoms with Gasteiger partial charge < -0.3 is 20.3 Å². The number of anilines is 2. The predicted octanol–water partition coefficient (Wildman–Crippen LogP) is 2.95. The van der Waals surface area contributed by atoms with Gasteiger partial charge in [-0.1, -0.05) is 18.2 Å². The highest BCUT2D eigenvalue weighted by Crippen LogP contribution is 2.27. The summed E-state index contributed by atoms with van der Waals surface area (Å²) in [5.74, 6) is 0.506. The summed E-state index contributed by atoms with van der Waals surface area (Å²) in [6.07, 6.45) is 3.47. The molecule has 0 spiro atoms. The second-order valence-corrected chi connectivity index (χ2v) is 9.71.